The first-order chi connectivity index (χ1) is 8.32. The monoisotopic (exact) mass is 269 g/mol. The predicted octanol–water partition coefficient (Wildman–Crippen LogP) is 1.71. The molecule has 0 aromatic carbocycles. The fourth-order valence-corrected chi connectivity index (χ4v) is 2.25. The van der Waals surface area contributed by atoms with Crippen LogP contribution in [0.5, 0.6) is 0 Å². The highest BCUT2D eigenvalue weighted by atomic mass is 32.2. The summed E-state index contributed by atoms with van der Waals surface area (Å²) in [6.07, 6.45) is 0. The summed E-state index contributed by atoms with van der Waals surface area (Å²) in [5, 5.41) is 0.963. The highest BCUT2D eigenvalue weighted by Crippen LogP contribution is 2.24. The molecule has 0 atom stereocenters. The normalized spacial score (nSPS) is 11.9. The molecule has 1 rings (SSSR count). The van der Waals surface area contributed by atoms with Gasteiger partial charge in [-0.1, -0.05) is 20.8 Å². The van der Waals surface area contributed by atoms with Gasteiger partial charge in [-0.15, -0.1) is 11.8 Å². The fraction of sp³-hybridized carbons (Fsp3) is 0.667. The zero-order valence-electron chi connectivity index (χ0n) is 11.8. The Bertz CT molecular complexity index is 387. The molecule has 1 heterocycles. The van der Waals surface area contributed by atoms with Crippen LogP contribution in [0.4, 0.5) is 5.82 Å². The first-order valence-electron chi connectivity index (χ1n) is 5.96. The fourth-order valence-electron chi connectivity index (χ4n) is 1.24. The van der Waals surface area contributed by atoms with E-state index in [9.17, 15) is 0 Å². The first-order valence-corrected chi connectivity index (χ1v) is 6.95. The molecule has 6 heteroatoms. The van der Waals surface area contributed by atoms with Crippen molar-refractivity contribution in [1.29, 1.82) is 0 Å². The average molecular weight is 269 g/mol. The van der Waals surface area contributed by atoms with E-state index in [2.05, 4.69) is 55.2 Å². The lowest BCUT2D eigenvalue weighted by Crippen LogP contribution is -2.19. The van der Waals surface area contributed by atoms with E-state index in [4.69, 9.17) is 5.84 Å². The summed E-state index contributed by atoms with van der Waals surface area (Å²) in [4.78, 5) is 11.1. The largest absolute Gasteiger partial charge is 0.309 e. The van der Waals surface area contributed by atoms with E-state index in [1.54, 1.807) is 11.8 Å². The number of hydrogen-bond acceptors (Lipinski definition) is 6. The molecule has 0 aliphatic rings. The van der Waals surface area contributed by atoms with Crippen LogP contribution in [-0.4, -0.2) is 41.3 Å². The maximum Gasteiger partial charge on any atom is 0.144 e. The van der Waals surface area contributed by atoms with Gasteiger partial charge in [-0.2, -0.15) is 0 Å². The number of hydrogen-bond donors (Lipinski definition) is 2. The minimum absolute atomic E-state index is 0.0796. The molecule has 0 fully saturated rings. The van der Waals surface area contributed by atoms with Gasteiger partial charge in [0.15, 0.2) is 0 Å². The van der Waals surface area contributed by atoms with Crippen LogP contribution < -0.4 is 11.3 Å². The van der Waals surface area contributed by atoms with Crippen molar-refractivity contribution in [2.45, 2.75) is 31.2 Å². The number of anilines is 1. The lowest BCUT2D eigenvalue weighted by Gasteiger charge is -2.18. The Kier molecular flexibility index (Phi) is 5.37. The molecular weight excluding hydrogens is 246 g/mol. The van der Waals surface area contributed by atoms with E-state index in [0.29, 0.717) is 5.82 Å². The second-order valence-electron chi connectivity index (χ2n) is 5.46. The molecule has 0 aliphatic heterocycles. The molecule has 0 radical (unpaired) electrons. The van der Waals surface area contributed by atoms with Gasteiger partial charge in [-0.3, -0.25) is 0 Å². The van der Waals surface area contributed by atoms with Gasteiger partial charge in [0.05, 0.1) is 0 Å². The minimum Gasteiger partial charge on any atom is -0.309 e. The Hall–Kier alpha value is -0.850. The number of nitrogen functional groups attached to an aromatic ring is 1. The van der Waals surface area contributed by atoms with Gasteiger partial charge in [-0.05, 0) is 14.1 Å². The third-order valence-corrected chi connectivity index (χ3v) is 3.20. The van der Waals surface area contributed by atoms with E-state index >= 15 is 0 Å². The Morgan fingerprint density at radius 1 is 1.33 bits per heavy atom. The minimum atomic E-state index is -0.0796. The van der Waals surface area contributed by atoms with Crippen LogP contribution in [0, 0.1) is 0 Å². The summed E-state index contributed by atoms with van der Waals surface area (Å²) in [7, 11) is 4.13. The molecule has 5 nitrogen and oxygen atoms in total. The number of nitrogens with one attached hydrogen (secondary N) is 1. The SMILES string of the molecule is CN(C)CCSc1cc(NN)nc(C(C)(C)C)n1. The number of rotatable bonds is 5. The molecule has 102 valence electrons. The van der Waals surface area contributed by atoms with Gasteiger partial charge in [0.2, 0.25) is 0 Å². The Morgan fingerprint density at radius 3 is 2.50 bits per heavy atom. The van der Waals surface area contributed by atoms with Crippen LogP contribution in [0.2, 0.25) is 0 Å². The Labute approximate surface area is 114 Å². The van der Waals surface area contributed by atoms with E-state index in [1.165, 1.54) is 0 Å². The molecular formula is C12H23N5S. The molecule has 0 unspecified atom stereocenters. The van der Waals surface area contributed by atoms with Gasteiger partial charge < -0.3 is 10.3 Å². The lowest BCUT2D eigenvalue weighted by molar-refractivity contribution is 0.437. The van der Waals surface area contributed by atoms with E-state index in [0.717, 1.165) is 23.1 Å². The van der Waals surface area contributed by atoms with Crippen LogP contribution in [0.15, 0.2) is 11.1 Å². The predicted molar refractivity (Wildman–Crippen MR) is 77.8 cm³/mol. The van der Waals surface area contributed by atoms with Crippen molar-refractivity contribution in [1.82, 2.24) is 14.9 Å². The molecule has 0 aliphatic carbocycles. The van der Waals surface area contributed by atoms with Gasteiger partial charge in [0, 0.05) is 23.8 Å². The van der Waals surface area contributed by atoms with E-state index < -0.39 is 0 Å². The zero-order chi connectivity index (χ0) is 13.8. The van der Waals surface area contributed by atoms with Crippen molar-refractivity contribution in [3.05, 3.63) is 11.9 Å². The second-order valence-corrected chi connectivity index (χ2v) is 6.58. The summed E-state index contributed by atoms with van der Waals surface area (Å²) >= 11 is 1.72. The molecule has 0 saturated heterocycles. The van der Waals surface area contributed by atoms with Gasteiger partial charge in [0.1, 0.15) is 16.7 Å². The van der Waals surface area contributed by atoms with Crippen LogP contribution in [0.1, 0.15) is 26.6 Å². The second kappa shape index (κ2) is 6.36. The highest BCUT2D eigenvalue weighted by molar-refractivity contribution is 7.99. The molecule has 18 heavy (non-hydrogen) atoms. The van der Waals surface area contributed by atoms with E-state index in [1.807, 2.05) is 6.07 Å². The lowest BCUT2D eigenvalue weighted by atomic mass is 9.96. The van der Waals surface area contributed by atoms with Gasteiger partial charge in [-0.25, -0.2) is 15.8 Å². The number of thioether (sulfide) groups is 1. The van der Waals surface area contributed by atoms with Crippen molar-refractivity contribution in [2.75, 3.05) is 31.8 Å². The third kappa shape index (κ3) is 4.80. The molecule has 0 spiro atoms. The molecule has 1 aromatic heterocycles. The van der Waals surface area contributed by atoms with Crippen molar-refractivity contribution in [2.24, 2.45) is 5.84 Å². The molecule has 0 amide bonds. The average Bonchev–Trinajstić information content (AvgIpc) is 2.27. The Morgan fingerprint density at radius 2 is 2.00 bits per heavy atom. The third-order valence-electron chi connectivity index (χ3n) is 2.31. The van der Waals surface area contributed by atoms with Crippen LogP contribution >= 0.6 is 11.8 Å². The molecule has 0 bridgehead atoms. The summed E-state index contributed by atoms with van der Waals surface area (Å²) in [5.41, 5.74) is 2.52. The number of nitrogens with zero attached hydrogens (tertiary/aromatic N) is 3. The molecule has 1 aromatic rings. The van der Waals surface area contributed by atoms with Crippen molar-refractivity contribution in [3.8, 4) is 0 Å². The van der Waals surface area contributed by atoms with Crippen molar-refractivity contribution >= 4 is 17.6 Å². The maximum absolute atomic E-state index is 5.45. The smallest absolute Gasteiger partial charge is 0.144 e. The van der Waals surface area contributed by atoms with Crippen LogP contribution in [0.3, 0.4) is 0 Å². The first kappa shape index (κ1) is 15.2. The quantitative estimate of drug-likeness (QED) is 0.367. The summed E-state index contributed by atoms with van der Waals surface area (Å²) in [6, 6.07) is 1.88. The van der Waals surface area contributed by atoms with Crippen molar-refractivity contribution < 1.29 is 0 Å². The summed E-state index contributed by atoms with van der Waals surface area (Å²) in [5.74, 6) is 7.93. The zero-order valence-corrected chi connectivity index (χ0v) is 12.6. The van der Waals surface area contributed by atoms with Crippen molar-refractivity contribution in [3.63, 3.8) is 0 Å². The molecule has 0 saturated carbocycles. The van der Waals surface area contributed by atoms with E-state index in [-0.39, 0.29) is 5.41 Å². The van der Waals surface area contributed by atoms with Crippen LogP contribution in [-0.2, 0) is 5.41 Å². The highest BCUT2D eigenvalue weighted by Gasteiger charge is 2.19. The number of aromatic nitrogens is 2. The summed E-state index contributed by atoms with van der Waals surface area (Å²) in [6.45, 7) is 7.30. The number of hydrazine groups is 1. The van der Waals surface area contributed by atoms with Gasteiger partial charge >= 0.3 is 0 Å². The molecule has 3 N–H and O–H groups in total. The standard InChI is InChI=1S/C12H23N5S/c1-12(2,3)11-14-9(16-13)8-10(15-11)18-7-6-17(4)5/h8H,6-7,13H2,1-5H3,(H,14,15,16). The Balaban J connectivity index is 2.84. The topological polar surface area (TPSA) is 67.1 Å². The summed E-state index contributed by atoms with van der Waals surface area (Å²) < 4.78 is 0. The van der Waals surface area contributed by atoms with Crippen LogP contribution in [0.25, 0.3) is 0 Å². The maximum atomic E-state index is 5.45. The van der Waals surface area contributed by atoms with Gasteiger partial charge in [0.25, 0.3) is 0 Å². The number of nitrogens with two attached hydrogens (primary N) is 1.